The van der Waals surface area contributed by atoms with E-state index in [-0.39, 0.29) is 5.54 Å². The van der Waals surface area contributed by atoms with Gasteiger partial charge in [-0.15, -0.1) is 0 Å². The molecule has 0 saturated carbocycles. The van der Waals surface area contributed by atoms with Crippen LogP contribution in [0.3, 0.4) is 0 Å². The second-order valence-corrected chi connectivity index (χ2v) is 4.94. The van der Waals surface area contributed by atoms with Crippen molar-refractivity contribution in [3.63, 3.8) is 0 Å². The van der Waals surface area contributed by atoms with Crippen molar-refractivity contribution in [1.82, 2.24) is 0 Å². The fourth-order valence-electron chi connectivity index (χ4n) is 1.05. The zero-order valence-electron chi connectivity index (χ0n) is 9.26. The van der Waals surface area contributed by atoms with Gasteiger partial charge in [0.05, 0.1) is 0 Å². The van der Waals surface area contributed by atoms with Gasteiger partial charge in [0.1, 0.15) is 0 Å². The van der Waals surface area contributed by atoms with Crippen LogP contribution in [0.25, 0.3) is 0 Å². The topological polar surface area (TPSA) is 12.0 Å². The summed E-state index contributed by atoms with van der Waals surface area (Å²) < 4.78 is 0. The Kier molecular flexibility index (Phi) is 3.43. The van der Waals surface area contributed by atoms with E-state index in [1.54, 1.807) is 0 Å². The van der Waals surface area contributed by atoms with Crippen molar-refractivity contribution >= 4 is 17.3 Å². The molecule has 1 nitrogen and oxygen atoms in total. The van der Waals surface area contributed by atoms with Gasteiger partial charge < -0.3 is 5.32 Å². The van der Waals surface area contributed by atoms with Gasteiger partial charge in [-0.3, -0.25) is 0 Å². The molecule has 0 amide bonds. The molecule has 0 aliphatic heterocycles. The Hall–Kier alpha value is -0.690. The molecule has 78 valence electrons. The monoisotopic (exact) mass is 211 g/mol. The molecule has 1 N–H and O–H groups in total. The van der Waals surface area contributed by atoms with Crippen LogP contribution in [0.1, 0.15) is 27.7 Å². The Balaban J connectivity index is 2.74. The lowest BCUT2D eigenvalue weighted by atomic mass is 9.90. The summed E-state index contributed by atoms with van der Waals surface area (Å²) in [5, 5.41) is 4.26. The number of benzene rings is 1. The van der Waals surface area contributed by atoms with Crippen LogP contribution in [0.2, 0.25) is 5.02 Å². The third kappa shape index (κ3) is 2.91. The molecule has 0 fully saturated rings. The maximum absolute atomic E-state index is 5.82. The molecule has 0 spiro atoms. The zero-order valence-corrected chi connectivity index (χ0v) is 10.0. The first-order chi connectivity index (χ1) is 6.42. The van der Waals surface area contributed by atoms with Crippen molar-refractivity contribution < 1.29 is 0 Å². The molecule has 0 bridgehead atoms. The summed E-state index contributed by atoms with van der Waals surface area (Å²) in [6.45, 7) is 8.82. The quantitative estimate of drug-likeness (QED) is 0.791. The number of nitrogens with one attached hydrogen (secondary N) is 1. The van der Waals surface area contributed by atoms with Gasteiger partial charge in [-0.05, 0) is 44.0 Å². The second kappa shape index (κ2) is 4.22. The largest absolute Gasteiger partial charge is 0.380 e. The van der Waals surface area contributed by atoms with Crippen LogP contribution in [0.5, 0.6) is 0 Å². The summed E-state index contributed by atoms with van der Waals surface area (Å²) in [6, 6.07) is 7.82. The van der Waals surface area contributed by atoms with Gasteiger partial charge in [-0.2, -0.15) is 0 Å². The van der Waals surface area contributed by atoms with Gasteiger partial charge in [0.2, 0.25) is 0 Å². The van der Waals surface area contributed by atoms with Crippen LogP contribution in [0.4, 0.5) is 5.69 Å². The van der Waals surface area contributed by atoms with E-state index in [4.69, 9.17) is 11.6 Å². The molecule has 0 aromatic heterocycles. The zero-order chi connectivity index (χ0) is 10.8. The number of halogens is 1. The Morgan fingerprint density at radius 2 is 1.64 bits per heavy atom. The lowest BCUT2D eigenvalue weighted by Crippen LogP contribution is -2.36. The maximum atomic E-state index is 5.82. The van der Waals surface area contributed by atoms with E-state index in [1.165, 1.54) is 0 Å². The number of hydrogen-bond donors (Lipinski definition) is 1. The van der Waals surface area contributed by atoms with Gasteiger partial charge in [-0.1, -0.05) is 25.4 Å². The molecule has 0 atom stereocenters. The molecule has 1 aromatic carbocycles. The average molecular weight is 212 g/mol. The molecule has 0 unspecified atom stereocenters. The highest BCUT2D eigenvalue weighted by Crippen LogP contribution is 2.23. The van der Waals surface area contributed by atoms with Gasteiger partial charge in [0, 0.05) is 16.2 Å². The number of anilines is 1. The lowest BCUT2D eigenvalue weighted by Gasteiger charge is -2.31. The van der Waals surface area contributed by atoms with Gasteiger partial charge in [-0.25, -0.2) is 0 Å². The first-order valence-electron chi connectivity index (χ1n) is 4.95. The molecule has 0 aliphatic rings. The minimum absolute atomic E-state index is 0.105. The van der Waals surface area contributed by atoms with Crippen molar-refractivity contribution in [3.05, 3.63) is 29.3 Å². The van der Waals surface area contributed by atoms with E-state index in [0.29, 0.717) is 5.92 Å². The molecule has 0 radical (unpaired) electrons. The number of hydrogen-bond acceptors (Lipinski definition) is 1. The van der Waals surface area contributed by atoms with Crippen LogP contribution in [0.15, 0.2) is 24.3 Å². The minimum atomic E-state index is 0.105. The van der Waals surface area contributed by atoms with E-state index >= 15 is 0 Å². The van der Waals surface area contributed by atoms with Crippen LogP contribution in [-0.2, 0) is 0 Å². The van der Waals surface area contributed by atoms with Crippen molar-refractivity contribution in [1.29, 1.82) is 0 Å². The van der Waals surface area contributed by atoms with Crippen molar-refractivity contribution in [2.75, 3.05) is 5.32 Å². The summed E-state index contributed by atoms with van der Waals surface area (Å²) in [6.07, 6.45) is 0. The molecule has 1 aromatic rings. The average Bonchev–Trinajstić information content (AvgIpc) is 2.08. The van der Waals surface area contributed by atoms with E-state index < -0.39 is 0 Å². The predicted molar refractivity (Wildman–Crippen MR) is 64.0 cm³/mol. The Bertz CT molecular complexity index is 288. The number of rotatable bonds is 3. The fourth-order valence-corrected chi connectivity index (χ4v) is 1.18. The van der Waals surface area contributed by atoms with E-state index in [2.05, 4.69) is 33.0 Å². The Morgan fingerprint density at radius 3 is 2.07 bits per heavy atom. The Morgan fingerprint density at radius 1 is 1.14 bits per heavy atom. The third-order valence-electron chi connectivity index (χ3n) is 2.75. The molecule has 14 heavy (non-hydrogen) atoms. The van der Waals surface area contributed by atoms with E-state index in [9.17, 15) is 0 Å². The van der Waals surface area contributed by atoms with Crippen molar-refractivity contribution in [2.45, 2.75) is 33.2 Å². The van der Waals surface area contributed by atoms with Crippen LogP contribution in [-0.4, -0.2) is 5.54 Å². The Labute approximate surface area is 91.5 Å². The predicted octanol–water partition coefficient (Wildman–Crippen LogP) is 4.19. The molecule has 0 aliphatic carbocycles. The highest BCUT2D eigenvalue weighted by molar-refractivity contribution is 6.30. The first kappa shape index (κ1) is 11.4. The first-order valence-corrected chi connectivity index (χ1v) is 5.33. The van der Waals surface area contributed by atoms with E-state index in [1.807, 2.05) is 24.3 Å². The molecular formula is C12H18ClN. The molecule has 1 rings (SSSR count). The van der Waals surface area contributed by atoms with Gasteiger partial charge >= 0.3 is 0 Å². The van der Waals surface area contributed by atoms with Gasteiger partial charge in [0.25, 0.3) is 0 Å². The lowest BCUT2D eigenvalue weighted by molar-refractivity contribution is 0.407. The standard InChI is InChI=1S/C12H18ClN/c1-9(2)12(3,4)14-11-7-5-10(13)6-8-11/h5-9,14H,1-4H3. The highest BCUT2D eigenvalue weighted by Gasteiger charge is 2.21. The normalized spacial score (nSPS) is 11.9. The second-order valence-electron chi connectivity index (χ2n) is 4.51. The summed E-state index contributed by atoms with van der Waals surface area (Å²) in [5.74, 6) is 0.582. The minimum Gasteiger partial charge on any atom is -0.380 e. The maximum Gasteiger partial charge on any atom is 0.0407 e. The van der Waals surface area contributed by atoms with Crippen LogP contribution in [0, 0.1) is 5.92 Å². The van der Waals surface area contributed by atoms with Crippen LogP contribution >= 0.6 is 11.6 Å². The fraction of sp³-hybridized carbons (Fsp3) is 0.500. The molecular weight excluding hydrogens is 194 g/mol. The van der Waals surface area contributed by atoms with Crippen LogP contribution < -0.4 is 5.32 Å². The SMILES string of the molecule is CC(C)C(C)(C)Nc1ccc(Cl)cc1. The smallest absolute Gasteiger partial charge is 0.0407 e. The van der Waals surface area contributed by atoms with Gasteiger partial charge in [0.15, 0.2) is 0 Å². The summed E-state index contributed by atoms with van der Waals surface area (Å²) in [5.41, 5.74) is 1.22. The highest BCUT2D eigenvalue weighted by atomic mass is 35.5. The molecule has 2 heteroatoms. The third-order valence-corrected chi connectivity index (χ3v) is 3.01. The van der Waals surface area contributed by atoms with E-state index in [0.717, 1.165) is 10.7 Å². The summed E-state index contributed by atoms with van der Waals surface area (Å²) in [4.78, 5) is 0. The summed E-state index contributed by atoms with van der Waals surface area (Å²) >= 11 is 5.82. The summed E-state index contributed by atoms with van der Waals surface area (Å²) in [7, 11) is 0. The van der Waals surface area contributed by atoms with Crippen molar-refractivity contribution in [2.24, 2.45) is 5.92 Å². The molecule has 0 heterocycles. The molecule has 0 saturated heterocycles. The van der Waals surface area contributed by atoms with Crippen molar-refractivity contribution in [3.8, 4) is 0 Å².